The Morgan fingerprint density at radius 1 is 1.58 bits per heavy atom. The maximum Gasteiger partial charge on any atom is 0.411 e. The van der Waals surface area contributed by atoms with Crippen LogP contribution in [0, 0.1) is 5.92 Å². The summed E-state index contributed by atoms with van der Waals surface area (Å²) in [6.45, 7) is 0.284. The van der Waals surface area contributed by atoms with Gasteiger partial charge >= 0.3 is 6.18 Å². The van der Waals surface area contributed by atoms with Crippen molar-refractivity contribution in [1.29, 1.82) is 0 Å². The van der Waals surface area contributed by atoms with Crippen molar-refractivity contribution >= 4 is 0 Å². The van der Waals surface area contributed by atoms with E-state index in [-0.39, 0.29) is 12.5 Å². The minimum absolute atomic E-state index is 0.0609. The molecule has 2 atom stereocenters. The van der Waals surface area contributed by atoms with Crippen LogP contribution in [0.15, 0.2) is 0 Å². The number of alkyl halides is 3. The van der Waals surface area contributed by atoms with Crippen molar-refractivity contribution < 1.29 is 23.0 Å². The first-order chi connectivity index (χ1) is 5.33. The molecule has 1 fully saturated rings. The Labute approximate surface area is 68.3 Å². The average Bonchev–Trinajstić information content (AvgIpc) is 2.36. The summed E-state index contributed by atoms with van der Waals surface area (Å²) in [6.07, 6.45) is -3.76. The van der Waals surface area contributed by atoms with Crippen molar-refractivity contribution in [3.8, 4) is 0 Å². The summed E-state index contributed by atoms with van der Waals surface area (Å²) >= 11 is 0. The quantitative estimate of drug-likeness (QED) is 0.717. The van der Waals surface area contributed by atoms with Crippen LogP contribution in [0.25, 0.3) is 0 Å². The lowest BCUT2D eigenvalue weighted by molar-refractivity contribution is -0.181. The summed E-state index contributed by atoms with van der Waals surface area (Å²) in [7, 11) is 0. The molecule has 0 bridgehead atoms. The third-order valence-corrected chi connectivity index (χ3v) is 2.03. The Morgan fingerprint density at radius 3 is 2.42 bits per heavy atom. The molecule has 1 saturated carbocycles. The van der Waals surface area contributed by atoms with Gasteiger partial charge in [0.2, 0.25) is 0 Å². The summed E-state index contributed by atoms with van der Waals surface area (Å²) in [5.74, 6) is 0.0609. The maximum atomic E-state index is 11.5. The molecule has 0 radical (unpaired) electrons. The van der Waals surface area contributed by atoms with Gasteiger partial charge in [0.25, 0.3) is 0 Å². The molecule has 0 saturated heterocycles. The highest BCUT2D eigenvalue weighted by Crippen LogP contribution is 2.42. The van der Waals surface area contributed by atoms with Gasteiger partial charge < -0.3 is 9.84 Å². The molecule has 0 heterocycles. The van der Waals surface area contributed by atoms with Crippen molar-refractivity contribution in [1.82, 2.24) is 0 Å². The van der Waals surface area contributed by atoms with E-state index in [1.807, 2.05) is 0 Å². The number of halogens is 3. The van der Waals surface area contributed by atoms with E-state index >= 15 is 0 Å². The van der Waals surface area contributed by atoms with Crippen LogP contribution in [0.4, 0.5) is 13.2 Å². The fourth-order valence-corrected chi connectivity index (χ4v) is 1.02. The molecule has 72 valence electrons. The van der Waals surface area contributed by atoms with Crippen LogP contribution in [-0.2, 0) is 4.74 Å². The summed E-state index contributed by atoms with van der Waals surface area (Å²) < 4.78 is 38.9. The number of rotatable bonds is 3. The van der Waals surface area contributed by atoms with E-state index < -0.39 is 18.4 Å². The lowest BCUT2D eigenvalue weighted by atomic mass is 10.3. The van der Waals surface area contributed by atoms with Gasteiger partial charge in [0, 0.05) is 0 Å². The van der Waals surface area contributed by atoms with Crippen molar-refractivity contribution in [2.75, 3.05) is 13.2 Å². The summed E-state index contributed by atoms with van der Waals surface area (Å²) in [6, 6.07) is 0. The SMILES string of the molecule is CC1CC1(O)COCC(F)(F)F. The van der Waals surface area contributed by atoms with Crippen molar-refractivity contribution in [2.45, 2.75) is 25.1 Å². The zero-order valence-electron chi connectivity index (χ0n) is 6.69. The van der Waals surface area contributed by atoms with Gasteiger partial charge in [-0.25, -0.2) is 0 Å². The van der Waals surface area contributed by atoms with Crippen LogP contribution in [0.1, 0.15) is 13.3 Å². The van der Waals surface area contributed by atoms with E-state index in [9.17, 15) is 18.3 Å². The van der Waals surface area contributed by atoms with Gasteiger partial charge in [-0.05, 0) is 12.3 Å². The fourth-order valence-electron chi connectivity index (χ4n) is 1.02. The van der Waals surface area contributed by atoms with Crippen LogP contribution in [0.3, 0.4) is 0 Å². The van der Waals surface area contributed by atoms with Gasteiger partial charge in [0.1, 0.15) is 6.61 Å². The van der Waals surface area contributed by atoms with Gasteiger partial charge in [-0.3, -0.25) is 0 Å². The summed E-state index contributed by atoms with van der Waals surface area (Å²) in [4.78, 5) is 0. The van der Waals surface area contributed by atoms with Crippen LogP contribution in [0.2, 0.25) is 0 Å². The molecule has 0 aromatic rings. The Bertz CT molecular complexity index is 169. The van der Waals surface area contributed by atoms with Crippen LogP contribution < -0.4 is 0 Å². The van der Waals surface area contributed by atoms with Gasteiger partial charge in [-0.1, -0.05) is 6.92 Å². The lowest BCUT2D eigenvalue weighted by Crippen LogP contribution is -2.24. The average molecular weight is 184 g/mol. The molecule has 5 heteroatoms. The number of aliphatic hydroxyl groups is 1. The highest BCUT2D eigenvalue weighted by molar-refractivity contribution is 5.00. The highest BCUT2D eigenvalue weighted by Gasteiger charge is 2.50. The van der Waals surface area contributed by atoms with Crippen LogP contribution in [0.5, 0.6) is 0 Å². The largest absolute Gasteiger partial charge is 0.411 e. The predicted octanol–water partition coefficient (Wildman–Crippen LogP) is 1.34. The van der Waals surface area contributed by atoms with Crippen LogP contribution >= 0.6 is 0 Å². The third-order valence-electron chi connectivity index (χ3n) is 2.03. The first kappa shape index (κ1) is 9.80. The zero-order chi connectivity index (χ0) is 9.41. The topological polar surface area (TPSA) is 29.5 Å². The van der Waals surface area contributed by atoms with E-state index in [1.54, 1.807) is 6.92 Å². The van der Waals surface area contributed by atoms with Gasteiger partial charge in [0.15, 0.2) is 0 Å². The number of hydrogen-bond acceptors (Lipinski definition) is 2. The highest BCUT2D eigenvalue weighted by atomic mass is 19.4. The Morgan fingerprint density at radius 2 is 2.08 bits per heavy atom. The molecule has 0 aromatic heterocycles. The standard InChI is InChI=1S/C7H11F3O2/c1-5-2-6(5,11)3-12-4-7(8,9)10/h5,11H,2-4H2,1H3. The van der Waals surface area contributed by atoms with Crippen molar-refractivity contribution in [3.63, 3.8) is 0 Å². The number of ether oxygens (including phenoxy) is 1. The third kappa shape index (κ3) is 2.64. The van der Waals surface area contributed by atoms with Crippen molar-refractivity contribution in [3.05, 3.63) is 0 Å². The predicted molar refractivity (Wildman–Crippen MR) is 35.6 cm³/mol. The molecule has 0 spiro atoms. The van der Waals surface area contributed by atoms with Gasteiger partial charge in [-0.15, -0.1) is 0 Å². The minimum Gasteiger partial charge on any atom is -0.387 e. The molecule has 12 heavy (non-hydrogen) atoms. The molecule has 2 unspecified atom stereocenters. The molecule has 1 N–H and O–H groups in total. The molecule has 2 nitrogen and oxygen atoms in total. The van der Waals surface area contributed by atoms with Crippen LogP contribution in [-0.4, -0.2) is 30.1 Å². The van der Waals surface area contributed by atoms with E-state index in [0.29, 0.717) is 6.42 Å². The van der Waals surface area contributed by atoms with Crippen molar-refractivity contribution in [2.24, 2.45) is 5.92 Å². The Hall–Kier alpha value is -0.290. The molecule has 1 rings (SSSR count). The Balaban J connectivity index is 2.12. The van der Waals surface area contributed by atoms with Gasteiger partial charge in [0.05, 0.1) is 12.2 Å². The number of hydrogen-bond donors (Lipinski definition) is 1. The van der Waals surface area contributed by atoms with E-state index in [2.05, 4.69) is 4.74 Å². The van der Waals surface area contributed by atoms with Gasteiger partial charge in [-0.2, -0.15) is 13.2 Å². The summed E-state index contributed by atoms with van der Waals surface area (Å²) in [5, 5.41) is 9.30. The molecular weight excluding hydrogens is 173 g/mol. The first-order valence-corrected chi connectivity index (χ1v) is 3.70. The van der Waals surface area contributed by atoms with E-state index in [4.69, 9.17) is 0 Å². The van der Waals surface area contributed by atoms with E-state index in [0.717, 1.165) is 0 Å². The first-order valence-electron chi connectivity index (χ1n) is 3.70. The Kier molecular flexibility index (Phi) is 2.35. The maximum absolute atomic E-state index is 11.5. The molecule has 1 aliphatic rings. The molecule has 1 aliphatic carbocycles. The fraction of sp³-hybridized carbons (Fsp3) is 1.00. The monoisotopic (exact) mass is 184 g/mol. The molecule has 0 aliphatic heterocycles. The smallest absolute Gasteiger partial charge is 0.387 e. The second kappa shape index (κ2) is 2.88. The lowest BCUT2D eigenvalue weighted by Gasteiger charge is -2.11. The minimum atomic E-state index is -4.30. The molecule has 0 amide bonds. The second-order valence-electron chi connectivity index (χ2n) is 3.32. The summed E-state index contributed by atoms with van der Waals surface area (Å²) in [5.41, 5.74) is -0.995. The zero-order valence-corrected chi connectivity index (χ0v) is 6.69. The molecule has 0 aromatic carbocycles. The van der Waals surface area contributed by atoms with E-state index in [1.165, 1.54) is 0 Å². The molecular formula is C7H11F3O2. The normalized spacial score (nSPS) is 35.2. The second-order valence-corrected chi connectivity index (χ2v) is 3.32.